The first-order valence-corrected chi connectivity index (χ1v) is 4.49. The summed E-state index contributed by atoms with van der Waals surface area (Å²) in [5.41, 5.74) is 5.77. The zero-order valence-electron chi connectivity index (χ0n) is 7.32. The van der Waals surface area contributed by atoms with Crippen molar-refractivity contribution in [3.05, 3.63) is 0 Å². The molecule has 4 N–H and O–H groups in total. The van der Waals surface area contributed by atoms with Gasteiger partial charge in [0.2, 0.25) is 0 Å². The van der Waals surface area contributed by atoms with Gasteiger partial charge in [-0.2, -0.15) is 0 Å². The molecule has 1 atom stereocenters. The van der Waals surface area contributed by atoms with Crippen LogP contribution in [0.3, 0.4) is 0 Å². The lowest BCUT2D eigenvalue weighted by Gasteiger charge is -2.35. The van der Waals surface area contributed by atoms with Crippen LogP contribution in [0.1, 0.15) is 12.8 Å². The lowest BCUT2D eigenvalue weighted by molar-refractivity contribution is 0.0558. The van der Waals surface area contributed by atoms with Gasteiger partial charge in [0.25, 0.3) is 0 Å². The largest absolute Gasteiger partial charge is 0.395 e. The van der Waals surface area contributed by atoms with Crippen molar-refractivity contribution >= 4 is 0 Å². The highest BCUT2D eigenvalue weighted by atomic mass is 16.3. The van der Waals surface area contributed by atoms with E-state index in [2.05, 4.69) is 4.90 Å². The fraction of sp³-hybridized carbons (Fsp3) is 1.00. The van der Waals surface area contributed by atoms with Gasteiger partial charge in [-0.15, -0.1) is 0 Å². The van der Waals surface area contributed by atoms with Crippen LogP contribution in [0, 0.1) is 0 Å². The summed E-state index contributed by atoms with van der Waals surface area (Å²) in [6.45, 7) is 1.78. The number of piperidine rings is 1. The summed E-state index contributed by atoms with van der Waals surface area (Å²) in [5, 5.41) is 17.8. The maximum absolute atomic E-state index is 8.92. The van der Waals surface area contributed by atoms with Crippen LogP contribution < -0.4 is 5.73 Å². The molecule has 0 bridgehead atoms. The average molecular weight is 174 g/mol. The van der Waals surface area contributed by atoms with Crippen LogP contribution in [0.25, 0.3) is 0 Å². The molecule has 1 unspecified atom stereocenters. The lowest BCUT2D eigenvalue weighted by atomic mass is 10.0. The van der Waals surface area contributed by atoms with E-state index in [-0.39, 0.29) is 25.3 Å². The molecule has 4 nitrogen and oxygen atoms in total. The van der Waals surface area contributed by atoms with Crippen LogP contribution in [0.4, 0.5) is 0 Å². The molecular weight excluding hydrogens is 156 g/mol. The van der Waals surface area contributed by atoms with Crippen molar-refractivity contribution in [3.63, 3.8) is 0 Å². The monoisotopic (exact) mass is 174 g/mol. The first kappa shape index (κ1) is 9.92. The van der Waals surface area contributed by atoms with Crippen LogP contribution in [0.5, 0.6) is 0 Å². The quantitative estimate of drug-likeness (QED) is 0.501. The minimum Gasteiger partial charge on any atom is -0.395 e. The highest BCUT2D eigenvalue weighted by molar-refractivity contribution is 4.79. The van der Waals surface area contributed by atoms with Gasteiger partial charge >= 0.3 is 0 Å². The standard InChI is InChI=1S/C8H18N2O2/c9-7-2-1-3-10(4-7)8(5-11)6-12/h7-8,11-12H,1-6,9H2. The Hall–Kier alpha value is -0.160. The molecule has 0 aromatic heterocycles. The number of rotatable bonds is 3. The number of hydrogen-bond acceptors (Lipinski definition) is 4. The van der Waals surface area contributed by atoms with Crippen LogP contribution in [0.15, 0.2) is 0 Å². The fourth-order valence-corrected chi connectivity index (χ4v) is 1.66. The van der Waals surface area contributed by atoms with Crippen molar-refractivity contribution in [2.24, 2.45) is 5.73 Å². The average Bonchev–Trinajstić information content (AvgIpc) is 2.07. The van der Waals surface area contributed by atoms with Gasteiger partial charge in [-0.1, -0.05) is 0 Å². The van der Waals surface area contributed by atoms with Crippen LogP contribution in [-0.4, -0.2) is 53.5 Å². The van der Waals surface area contributed by atoms with E-state index in [9.17, 15) is 0 Å². The van der Waals surface area contributed by atoms with Crippen molar-refractivity contribution in [3.8, 4) is 0 Å². The van der Waals surface area contributed by atoms with Crippen molar-refractivity contribution in [1.29, 1.82) is 0 Å². The molecule has 0 radical (unpaired) electrons. The maximum Gasteiger partial charge on any atom is 0.0609 e. The Morgan fingerprint density at radius 1 is 1.42 bits per heavy atom. The van der Waals surface area contributed by atoms with Crippen molar-refractivity contribution in [2.45, 2.75) is 24.9 Å². The molecular formula is C8H18N2O2. The molecule has 0 saturated carbocycles. The number of aliphatic hydroxyl groups is 2. The number of nitrogens with zero attached hydrogens (tertiary/aromatic N) is 1. The number of likely N-dealkylation sites (tertiary alicyclic amines) is 1. The van der Waals surface area contributed by atoms with E-state index in [1.165, 1.54) is 0 Å². The number of nitrogens with two attached hydrogens (primary N) is 1. The second-order valence-electron chi connectivity index (χ2n) is 3.42. The second-order valence-corrected chi connectivity index (χ2v) is 3.42. The van der Waals surface area contributed by atoms with E-state index in [0.29, 0.717) is 0 Å². The summed E-state index contributed by atoms with van der Waals surface area (Å²) in [4.78, 5) is 2.06. The second kappa shape index (κ2) is 4.77. The molecule has 12 heavy (non-hydrogen) atoms. The van der Waals surface area contributed by atoms with Gasteiger partial charge < -0.3 is 15.9 Å². The zero-order chi connectivity index (χ0) is 8.97. The molecule has 1 saturated heterocycles. The summed E-state index contributed by atoms with van der Waals surface area (Å²) in [7, 11) is 0. The van der Waals surface area contributed by atoms with Gasteiger partial charge in [-0.05, 0) is 19.4 Å². The van der Waals surface area contributed by atoms with Crippen molar-refractivity contribution < 1.29 is 10.2 Å². The molecule has 0 amide bonds. The Balaban J connectivity index is 2.38. The highest BCUT2D eigenvalue weighted by Crippen LogP contribution is 2.10. The summed E-state index contributed by atoms with van der Waals surface area (Å²) < 4.78 is 0. The molecule has 4 heteroatoms. The van der Waals surface area contributed by atoms with Crippen molar-refractivity contribution in [2.75, 3.05) is 26.3 Å². The Kier molecular flexibility index (Phi) is 3.94. The molecule has 1 aliphatic rings. The fourth-order valence-electron chi connectivity index (χ4n) is 1.66. The van der Waals surface area contributed by atoms with Gasteiger partial charge in [0.05, 0.1) is 19.3 Å². The predicted octanol–water partition coefficient (Wildman–Crippen LogP) is -1.24. The predicted molar refractivity (Wildman–Crippen MR) is 46.7 cm³/mol. The first-order valence-electron chi connectivity index (χ1n) is 4.49. The Morgan fingerprint density at radius 2 is 2.08 bits per heavy atom. The number of aliphatic hydroxyl groups excluding tert-OH is 2. The molecule has 0 aromatic carbocycles. The molecule has 1 rings (SSSR count). The van der Waals surface area contributed by atoms with Gasteiger partial charge in [0.1, 0.15) is 0 Å². The van der Waals surface area contributed by atoms with Crippen LogP contribution in [-0.2, 0) is 0 Å². The minimum atomic E-state index is -0.114. The van der Waals surface area contributed by atoms with E-state index in [1.807, 2.05) is 0 Å². The smallest absolute Gasteiger partial charge is 0.0609 e. The van der Waals surface area contributed by atoms with E-state index >= 15 is 0 Å². The highest BCUT2D eigenvalue weighted by Gasteiger charge is 2.22. The van der Waals surface area contributed by atoms with Gasteiger partial charge in [-0.25, -0.2) is 0 Å². The maximum atomic E-state index is 8.92. The third-order valence-electron chi connectivity index (χ3n) is 2.43. The summed E-state index contributed by atoms with van der Waals surface area (Å²) in [5.74, 6) is 0. The lowest BCUT2D eigenvalue weighted by Crippen LogP contribution is -2.50. The molecule has 0 spiro atoms. The molecule has 0 aliphatic carbocycles. The van der Waals surface area contributed by atoms with E-state index in [0.717, 1.165) is 25.9 Å². The molecule has 72 valence electrons. The summed E-state index contributed by atoms with van der Waals surface area (Å²) in [6.07, 6.45) is 2.12. The Morgan fingerprint density at radius 3 is 2.58 bits per heavy atom. The third-order valence-corrected chi connectivity index (χ3v) is 2.43. The first-order chi connectivity index (χ1) is 5.77. The van der Waals surface area contributed by atoms with Gasteiger partial charge in [0.15, 0.2) is 0 Å². The van der Waals surface area contributed by atoms with Crippen LogP contribution in [0.2, 0.25) is 0 Å². The van der Waals surface area contributed by atoms with Gasteiger partial charge in [-0.3, -0.25) is 4.90 Å². The van der Waals surface area contributed by atoms with Gasteiger partial charge in [0, 0.05) is 12.6 Å². The summed E-state index contributed by atoms with van der Waals surface area (Å²) >= 11 is 0. The van der Waals surface area contributed by atoms with Crippen LogP contribution >= 0.6 is 0 Å². The molecule has 1 aliphatic heterocycles. The third kappa shape index (κ3) is 2.42. The zero-order valence-corrected chi connectivity index (χ0v) is 7.32. The topological polar surface area (TPSA) is 69.7 Å². The Bertz CT molecular complexity index is 128. The van der Waals surface area contributed by atoms with Crippen molar-refractivity contribution in [1.82, 2.24) is 4.90 Å². The van der Waals surface area contributed by atoms with E-state index in [4.69, 9.17) is 15.9 Å². The number of hydrogen-bond donors (Lipinski definition) is 3. The molecule has 1 fully saturated rings. The van der Waals surface area contributed by atoms with E-state index < -0.39 is 0 Å². The molecule has 1 heterocycles. The summed E-state index contributed by atoms with van der Waals surface area (Å²) in [6, 6.07) is 0.0932. The molecule has 0 aromatic rings. The normalized spacial score (nSPS) is 26.5. The Labute approximate surface area is 73.0 Å². The SMILES string of the molecule is NC1CCCN(C(CO)CO)C1. The minimum absolute atomic E-state index is 0.0171. The van der Waals surface area contributed by atoms with E-state index in [1.54, 1.807) is 0 Å².